The molecule has 0 saturated carbocycles. The first kappa shape index (κ1) is 15.4. The summed E-state index contributed by atoms with van der Waals surface area (Å²) in [7, 11) is -2.98. The first-order valence-electron chi connectivity index (χ1n) is 6.92. The van der Waals surface area contributed by atoms with Crippen LogP contribution >= 0.6 is 11.3 Å². The van der Waals surface area contributed by atoms with E-state index in [4.69, 9.17) is 0 Å². The molecule has 112 valence electrons. The van der Waals surface area contributed by atoms with Gasteiger partial charge in [-0.05, 0) is 26.2 Å². The Hall–Kier alpha value is -0.950. The third-order valence-corrected chi connectivity index (χ3v) is 6.14. The fourth-order valence-electron chi connectivity index (χ4n) is 2.47. The Labute approximate surface area is 123 Å². The van der Waals surface area contributed by atoms with E-state index in [0.29, 0.717) is 18.7 Å². The number of rotatable bonds is 5. The van der Waals surface area contributed by atoms with Gasteiger partial charge in [-0.25, -0.2) is 13.4 Å². The predicted molar refractivity (Wildman–Crippen MR) is 79.9 cm³/mol. The third kappa shape index (κ3) is 3.38. The number of aromatic nitrogens is 1. The summed E-state index contributed by atoms with van der Waals surface area (Å²) in [6.07, 6.45) is 2.41. The van der Waals surface area contributed by atoms with Gasteiger partial charge < -0.3 is 4.90 Å². The Kier molecular flexibility index (Phi) is 4.80. The fourth-order valence-corrected chi connectivity index (χ4v) is 5.08. The van der Waals surface area contributed by atoms with E-state index in [1.165, 1.54) is 11.3 Å². The molecule has 7 heteroatoms. The minimum absolute atomic E-state index is 0.0819. The molecular weight excluding hydrogens is 296 g/mol. The zero-order valence-corrected chi connectivity index (χ0v) is 13.5. The number of carbonyl (C=O) groups excluding carboxylic acids is 1. The number of hydrogen-bond donors (Lipinski definition) is 0. The maximum absolute atomic E-state index is 12.5. The van der Waals surface area contributed by atoms with Gasteiger partial charge in [-0.1, -0.05) is 6.92 Å². The molecule has 2 rings (SSSR count). The van der Waals surface area contributed by atoms with E-state index in [-0.39, 0.29) is 23.5 Å². The van der Waals surface area contributed by atoms with Crippen LogP contribution in [-0.2, 0) is 16.3 Å². The highest BCUT2D eigenvalue weighted by Gasteiger charge is 2.34. The van der Waals surface area contributed by atoms with Gasteiger partial charge in [-0.3, -0.25) is 4.79 Å². The summed E-state index contributed by atoms with van der Waals surface area (Å²) in [5.74, 6) is 0.117. The molecule has 20 heavy (non-hydrogen) atoms. The molecule has 0 aliphatic carbocycles. The van der Waals surface area contributed by atoms with Gasteiger partial charge in [0, 0.05) is 18.0 Å². The first-order chi connectivity index (χ1) is 9.46. The molecule has 1 fully saturated rings. The smallest absolute Gasteiger partial charge is 0.273 e. The van der Waals surface area contributed by atoms with Crippen molar-refractivity contribution < 1.29 is 13.2 Å². The van der Waals surface area contributed by atoms with Crippen LogP contribution in [0, 0.1) is 0 Å². The lowest BCUT2D eigenvalue weighted by molar-refractivity contribution is 0.0703. The maximum atomic E-state index is 12.5. The molecule has 0 spiro atoms. The van der Waals surface area contributed by atoms with Crippen LogP contribution in [0.15, 0.2) is 5.38 Å². The number of amides is 1. The number of thiazole rings is 1. The van der Waals surface area contributed by atoms with E-state index in [2.05, 4.69) is 11.9 Å². The molecule has 1 aromatic heterocycles. The number of sulfone groups is 1. The Morgan fingerprint density at radius 1 is 1.50 bits per heavy atom. The maximum Gasteiger partial charge on any atom is 0.273 e. The van der Waals surface area contributed by atoms with Crippen molar-refractivity contribution in [2.75, 3.05) is 18.1 Å². The van der Waals surface area contributed by atoms with Crippen LogP contribution in [0.3, 0.4) is 0 Å². The van der Waals surface area contributed by atoms with Gasteiger partial charge in [0.05, 0.1) is 16.5 Å². The van der Waals surface area contributed by atoms with Gasteiger partial charge in [-0.2, -0.15) is 0 Å². The molecule has 0 N–H and O–H groups in total. The topological polar surface area (TPSA) is 67.3 Å². The minimum atomic E-state index is -2.98. The lowest BCUT2D eigenvalue weighted by Gasteiger charge is -2.25. The predicted octanol–water partition coefficient (Wildman–Crippen LogP) is 1.74. The highest BCUT2D eigenvalue weighted by Crippen LogP contribution is 2.21. The van der Waals surface area contributed by atoms with E-state index in [1.54, 1.807) is 10.3 Å². The second-order valence-electron chi connectivity index (χ2n) is 5.02. The summed E-state index contributed by atoms with van der Waals surface area (Å²) < 4.78 is 23.1. The summed E-state index contributed by atoms with van der Waals surface area (Å²) in [4.78, 5) is 18.5. The highest BCUT2D eigenvalue weighted by atomic mass is 32.2. The lowest BCUT2D eigenvalue weighted by Crippen LogP contribution is -2.41. The van der Waals surface area contributed by atoms with Crippen LogP contribution in [0.2, 0.25) is 0 Å². The molecule has 1 saturated heterocycles. The normalized spacial score (nSPS) is 21.0. The monoisotopic (exact) mass is 316 g/mol. The molecule has 1 aliphatic heterocycles. The number of aryl methyl sites for hydroxylation is 1. The highest BCUT2D eigenvalue weighted by molar-refractivity contribution is 7.91. The molecule has 2 heterocycles. The van der Waals surface area contributed by atoms with E-state index in [1.807, 2.05) is 6.92 Å². The molecule has 0 bridgehead atoms. The van der Waals surface area contributed by atoms with E-state index in [9.17, 15) is 13.2 Å². The second-order valence-corrected chi connectivity index (χ2v) is 8.20. The second kappa shape index (κ2) is 6.22. The average Bonchev–Trinajstić information content (AvgIpc) is 2.98. The zero-order valence-electron chi connectivity index (χ0n) is 11.8. The van der Waals surface area contributed by atoms with Crippen molar-refractivity contribution in [3.8, 4) is 0 Å². The summed E-state index contributed by atoms with van der Waals surface area (Å²) in [6.45, 7) is 4.46. The lowest BCUT2D eigenvalue weighted by atomic mass is 10.2. The minimum Gasteiger partial charge on any atom is -0.334 e. The Morgan fingerprint density at radius 2 is 2.25 bits per heavy atom. The van der Waals surface area contributed by atoms with Crippen molar-refractivity contribution in [1.82, 2.24) is 9.88 Å². The molecule has 1 atom stereocenters. The van der Waals surface area contributed by atoms with Crippen LogP contribution in [0.5, 0.6) is 0 Å². The van der Waals surface area contributed by atoms with E-state index < -0.39 is 9.84 Å². The molecule has 1 aromatic rings. The van der Waals surface area contributed by atoms with Crippen LogP contribution in [0.25, 0.3) is 0 Å². The Bertz CT molecular complexity index is 580. The van der Waals surface area contributed by atoms with E-state index >= 15 is 0 Å². The number of nitrogens with zero attached hydrogens (tertiary/aromatic N) is 2. The van der Waals surface area contributed by atoms with Crippen LogP contribution in [0.1, 0.15) is 42.2 Å². The molecule has 0 aromatic carbocycles. The molecule has 1 aliphatic rings. The summed E-state index contributed by atoms with van der Waals surface area (Å²) in [5.41, 5.74) is 0.449. The van der Waals surface area contributed by atoms with Gasteiger partial charge in [0.2, 0.25) is 0 Å². The van der Waals surface area contributed by atoms with Crippen LogP contribution in [-0.4, -0.2) is 48.3 Å². The van der Waals surface area contributed by atoms with Crippen molar-refractivity contribution in [2.45, 2.75) is 39.2 Å². The van der Waals surface area contributed by atoms with Crippen molar-refractivity contribution in [1.29, 1.82) is 0 Å². The van der Waals surface area contributed by atoms with Crippen molar-refractivity contribution in [3.63, 3.8) is 0 Å². The molecule has 5 nitrogen and oxygen atoms in total. The van der Waals surface area contributed by atoms with Gasteiger partial charge >= 0.3 is 0 Å². The fraction of sp³-hybridized carbons (Fsp3) is 0.692. The van der Waals surface area contributed by atoms with Gasteiger partial charge in [0.25, 0.3) is 5.91 Å². The van der Waals surface area contributed by atoms with Crippen LogP contribution < -0.4 is 0 Å². The standard InChI is InChI=1S/C13H20N2O3S2/c1-3-5-12-14-11(8-19-12)13(16)15(4-2)10-6-7-20(17,18)9-10/h8,10H,3-7,9H2,1-2H3. The Balaban J connectivity index is 2.12. The van der Waals surface area contributed by atoms with Gasteiger partial charge in [0.15, 0.2) is 9.84 Å². The molecule has 1 unspecified atom stereocenters. The first-order valence-corrected chi connectivity index (χ1v) is 9.62. The number of carbonyl (C=O) groups is 1. The molecule has 0 radical (unpaired) electrons. The van der Waals surface area contributed by atoms with E-state index in [0.717, 1.165) is 17.8 Å². The largest absolute Gasteiger partial charge is 0.334 e. The van der Waals surface area contributed by atoms with Gasteiger partial charge in [-0.15, -0.1) is 11.3 Å². The summed E-state index contributed by atoms with van der Waals surface area (Å²) in [5, 5.41) is 2.74. The average molecular weight is 316 g/mol. The third-order valence-electron chi connectivity index (χ3n) is 3.49. The van der Waals surface area contributed by atoms with Gasteiger partial charge in [0.1, 0.15) is 5.69 Å². The van der Waals surface area contributed by atoms with Crippen molar-refractivity contribution in [3.05, 3.63) is 16.1 Å². The number of hydrogen-bond acceptors (Lipinski definition) is 5. The summed E-state index contributed by atoms with van der Waals surface area (Å²) in [6, 6.07) is -0.200. The van der Waals surface area contributed by atoms with Crippen molar-refractivity contribution in [2.24, 2.45) is 0 Å². The summed E-state index contributed by atoms with van der Waals surface area (Å²) >= 11 is 1.50. The Morgan fingerprint density at radius 3 is 2.80 bits per heavy atom. The SMILES string of the molecule is CCCc1nc(C(=O)N(CC)C2CCS(=O)(=O)C2)cs1. The van der Waals surface area contributed by atoms with Crippen molar-refractivity contribution >= 4 is 27.1 Å². The van der Waals surface area contributed by atoms with Crippen LogP contribution in [0.4, 0.5) is 0 Å². The molecular formula is C13H20N2O3S2. The quantitative estimate of drug-likeness (QED) is 0.830. The zero-order chi connectivity index (χ0) is 14.8. The molecule has 1 amide bonds.